The first kappa shape index (κ1) is 14.0. The van der Waals surface area contributed by atoms with Crippen LogP contribution in [0, 0.1) is 12.3 Å². The van der Waals surface area contributed by atoms with Crippen molar-refractivity contribution >= 4 is 5.69 Å². The number of nitrogens with two attached hydrogens (primary N) is 1. The maximum absolute atomic E-state index is 5.85. The van der Waals surface area contributed by atoms with Crippen molar-refractivity contribution < 1.29 is 0 Å². The minimum absolute atomic E-state index is 0.226. The summed E-state index contributed by atoms with van der Waals surface area (Å²) in [6, 6.07) is 6.25. The summed E-state index contributed by atoms with van der Waals surface area (Å²) in [6.45, 7) is 6.69. The number of benzene rings is 1. The molecule has 2 N–H and O–H groups in total. The molecule has 1 aromatic heterocycles. The van der Waals surface area contributed by atoms with Crippen molar-refractivity contribution in [2.75, 3.05) is 5.73 Å². The van der Waals surface area contributed by atoms with Gasteiger partial charge in [-0.3, -0.25) is 0 Å². The molecule has 112 valence electrons. The van der Waals surface area contributed by atoms with Crippen LogP contribution < -0.4 is 5.73 Å². The number of hydrogen-bond acceptors (Lipinski definition) is 4. The van der Waals surface area contributed by atoms with E-state index in [0.29, 0.717) is 6.04 Å². The summed E-state index contributed by atoms with van der Waals surface area (Å²) in [7, 11) is 0. The Kier molecular flexibility index (Phi) is 3.43. The summed E-state index contributed by atoms with van der Waals surface area (Å²) < 4.78 is 2.03. The molecule has 1 aliphatic carbocycles. The molecule has 1 fully saturated rings. The third kappa shape index (κ3) is 2.52. The van der Waals surface area contributed by atoms with Crippen molar-refractivity contribution in [2.45, 2.75) is 52.5 Å². The second kappa shape index (κ2) is 5.13. The number of rotatable bonds is 2. The smallest absolute Gasteiger partial charge is 0.182 e. The van der Waals surface area contributed by atoms with E-state index in [1.54, 1.807) is 0 Å². The molecule has 3 rings (SSSR count). The molecule has 1 aromatic carbocycles. The molecule has 0 aliphatic heterocycles. The lowest BCUT2D eigenvalue weighted by molar-refractivity contribution is 0.132. The molecule has 0 saturated heterocycles. The lowest BCUT2D eigenvalue weighted by atomic mass is 9.73. The van der Waals surface area contributed by atoms with E-state index in [4.69, 9.17) is 5.73 Å². The largest absolute Gasteiger partial charge is 0.399 e. The van der Waals surface area contributed by atoms with Gasteiger partial charge in [0.05, 0.1) is 6.04 Å². The normalized spacial score (nSPS) is 21.4. The number of nitrogens with zero attached hydrogens (tertiary/aromatic N) is 4. The van der Waals surface area contributed by atoms with E-state index in [1.165, 1.54) is 19.3 Å². The summed E-state index contributed by atoms with van der Waals surface area (Å²) in [5.74, 6) is 0.854. The van der Waals surface area contributed by atoms with Crippen molar-refractivity contribution in [3.8, 4) is 11.4 Å². The lowest BCUT2D eigenvalue weighted by Gasteiger charge is -2.38. The third-order valence-corrected chi connectivity index (χ3v) is 4.73. The van der Waals surface area contributed by atoms with Crippen LogP contribution >= 0.6 is 0 Å². The molecule has 0 spiro atoms. The van der Waals surface area contributed by atoms with E-state index in [-0.39, 0.29) is 5.41 Å². The Morgan fingerprint density at radius 3 is 2.81 bits per heavy atom. The van der Waals surface area contributed by atoms with Gasteiger partial charge in [-0.25, -0.2) is 4.68 Å². The second-order valence-corrected chi connectivity index (χ2v) is 6.77. The minimum atomic E-state index is 0.226. The molecular formula is C16H23N5. The average Bonchev–Trinajstić information content (AvgIpc) is 2.87. The SMILES string of the molecule is Cc1cc(N)ccc1-c1nnnn1C1CCCCC1(C)C. The van der Waals surface area contributed by atoms with E-state index < -0.39 is 0 Å². The summed E-state index contributed by atoms with van der Waals surface area (Å²) in [4.78, 5) is 0. The number of tetrazole rings is 1. The van der Waals surface area contributed by atoms with Gasteiger partial charge in [0.25, 0.3) is 0 Å². The monoisotopic (exact) mass is 285 g/mol. The third-order valence-electron chi connectivity index (χ3n) is 4.73. The van der Waals surface area contributed by atoms with Crippen LogP contribution in [-0.4, -0.2) is 20.2 Å². The molecule has 1 heterocycles. The second-order valence-electron chi connectivity index (χ2n) is 6.77. The van der Waals surface area contributed by atoms with Crippen molar-refractivity contribution in [3.63, 3.8) is 0 Å². The number of anilines is 1. The number of hydrogen-bond donors (Lipinski definition) is 1. The number of aryl methyl sites for hydroxylation is 1. The Hall–Kier alpha value is -1.91. The Labute approximate surface area is 125 Å². The van der Waals surface area contributed by atoms with Gasteiger partial charge in [0.2, 0.25) is 0 Å². The Balaban J connectivity index is 2.05. The van der Waals surface area contributed by atoms with Crippen LogP contribution in [0.2, 0.25) is 0 Å². The minimum Gasteiger partial charge on any atom is -0.399 e. The van der Waals surface area contributed by atoms with Gasteiger partial charge < -0.3 is 5.73 Å². The molecule has 0 amide bonds. The highest BCUT2D eigenvalue weighted by molar-refractivity contribution is 5.63. The first-order valence-electron chi connectivity index (χ1n) is 7.63. The van der Waals surface area contributed by atoms with Crippen LogP contribution in [0.4, 0.5) is 5.69 Å². The van der Waals surface area contributed by atoms with Gasteiger partial charge in [-0.05, 0) is 59.4 Å². The Bertz CT molecular complexity index is 644. The maximum atomic E-state index is 5.85. The zero-order chi connectivity index (χ0) is 15.0. The van der Waals surface area contributed by atoms with Crippen molar-refractivity contribution in [3.05, 3.63) is 23.8 Å². The Morgan fingerprint density at radius 2 is 2.10 bits per heavy atom. The highest BCUT2D eigenvalue weighted by atomic mass is 15.6. The molecule has 1 saturated carbocycles. The number of nitrogen functional groups attached to an aromatic ring is 1. The summed E-state index contributed by atoms with van der Waals surface area (Å²) in [5, 5.41) is 12.5. The van der Waals surface area contributed by atoms with E-state index in [9.17, 15) is 0 Å². The van der Waals surface area contributed by atoms with Crippen LogP contribution in [0.15, 0.2) is 18.2 Å². The lowest BCUT2D eigenvalue weighted by Crippen LogP contribution is -2.31. The van der Waals surface area contributed by atoms with Gasteiger partial charge in [-0.15, -0.1) is 5.10 Å². The van der Waals surface area contributed by atoms with E-state index in [2.05, 4.69) is 36.3 Å². The van der Waals surface area contributed by atoms with E-state index in [1.807, 2.05) is 22.9 Å². The van der Waals surface area contributed by atoms with E-state index >= 15 is 0 Å². The van der Waals surface area contributed by atoms with Crippen LogP contribution in [0.1, 0.15) is 51.1 Å². The standard InChI is InChI=1S/C16H23N5/c1-11-10-12(17)7-8-13(11)15-18-19-20-21(15)14-6-4-5-9-16(14,2)3/h7-8,10,14H,4-6,9,17H2,1-3H3. The van der Waals surface area contributed by atoms with Gasteiger partial charge in [0, 0.05) is 11.3 Å². The van der Waals surface area contributed by atoms with Crippen LogP contribution in [0.25, 0.3) is 11.4 Å². The molecular weight excluding hydrogens is 262 g/mol. The first-order valence-corrected chi connectivity index (χ1v) is 7.63. The summed E-state index contributed by atoms with van der Waals surface area (Å²) in [5.41, 5.74) is 9.02. The van der Waals surface area contributed by atoms with E-state index in [0.717, 1.165) is 29.1 Å². The summed E-state index contributed by atoms with van der Waals surface area (Å²) in [6.07, 6.45) is 4.90. The quantitative estimate of drug-likeness (QED) is 0.859. The van der Waals surface area contributed by atoms with Crippen molar-refractivity contribution in [1.82, 2.24) is 20.2 Å². The fourth-order valence-electron chi connectivity index (χ4n) is 3.45. The highest BCUT2D eigenvalue weighted by Crippen LogP contribution is 2.44. The van der Waals surface area contributed by atoms with Gasteiger partial charge in [-0.1, -0.05) is 26.7 Å². The molecule has 5 nitrogen and oxygen atoms in total. The zero-order valence-corrected chi connectivity index (χ0v) is 13.0. The summed E-state index contributed by atoms with van der Waals surface area (Å²) >= 11 is 0. The average molecular weight is 285 g/mol. The maximum Gasteiger partial charge on any atom is 0.182 e. The predicted octanol–water partition coefficient (Wildman–Crippen LogP) is 3.37. The van der Waals surface area contributed by atoms with Crippen LogP contribution in [-0.2, 0) is 0 Å². The zero-order valence-electron chi connectivity index (χ0n) is 13.0. The van der Waals surface area contributed by atoms with Gasteiger partial charge in [0.1, 0.15) is 0 Å². The van der Waals surface area contributed by atoms with Crippen molar-refractivity contribution in [1.29, 1.82) is 0 Å². The highest BCUT2D eigenvalue weighted by Gasteiger charge is 2.36. The fraction of sp³-hybridized carbons (Fsp3) is 0.562. The van der Waals surface area contributed by atoms with Gasteiger partial charge in [0.15, 0.2) is 5.82 Å². The Morgan fingerprint density at radius 1 is 1.29 bits per heavy atom. The van der Waals surface area contributed by atoms with Crippen LogP contribution in [0.3, 0.4) is 0 Å². The fourth-order valence-corrected chi connectivity index (χ4v) is 3.45. The molecule has 5 heteroatoms. The molecule has 0 bridgehead atoms. The molecule has 1 atom stereocenters. The van der Waals surface area contributed by atoms with Gasteiger partial charge >= 0.3 is 0 Å². The number of aromatic nitrogens is 4. The molecule has 0 radical (unpaired) electrons. The topological polar surface area (TPSA) is 69.6 Å². The molecule has 1 aliphatic rings. The molecule has 21 heavy (non-hydrogen) atoms. The molecule has 2 aromatic rings. The van der Waals surface area contributed by atoms with Crippen molar-refractivity contribution in [2.24, 2.45) is 5.41 Å². The van der Waals surface area contributed by atoms with Gasteiger partial charge in [-0.2, -0.15) is 0 Å². The van der Waals surface area contributed by atoms with Crippen LogP contribution in [0.5, 0.6) is 0 Å². The molecule has 1 unspecified atom stereocenters. The predicted molar refractivity (Wildman–Crippen MR) is 83.7 cm³/mol. The first-order chi connectivity index (χ1) is 9.99.